The van der Waals surface area contributed by atoms with E-state index in [-0.39, 0.29) is 17.8 Å². The fourth-order valence-corrected chi connectivity index (χ4v) is 4.32. The Morgan fingerprint density at radius 3 is 2.14 bits per heavy atom. The molecule has 0 radical (unpaired) electrons. The van der Waals surface area contributed by atoms with E-state index in [2.05, 4.69) is 60.8 Å². The molecule has 0 saturated carbocycles. The summed E-state index contributed by atoms with van der Waals surface area (Å²) in [7, 11) is 0. The molecule has 2 aromatic rings. The minimum absolute atomic E-state index is 0. The van der Waals surface area contributed by atoms with Gasteiger partial charge in [-0.1, -0.05) is 55.5 Å². The maximum atomic E-state index is 3.68. The molecule has 1 N–H and O–H groups in total. The number of fused-ring (bicyclic) bond motifs is 8. The molecule has 0 heterocycles. The van der Waals surface area contributed by atoms with Gasteiger partial charge in [0.25, 0.3) is 0 Å². The van der Waals surface area contributed by atoms with Crippen molar-refractivity contribution in [1.29, 1.82) is 0 Å². The number of benzene rings is 2. The molecule has 0 aliphatic heterocycles. The first kappa shape index (κ1) is 14.6. The zero-order valence-corrected chi connectivity index (χ0v) is 13.2. The van der Waals surface area contributed by atoms with Gasteiger partial charge in [0.2, 0.25) is 0 Å². The molecule has 0 spiro atoms. The molecule has 4 rings (SSSR count). The van der Waals surface area contributed by atoms with Crippen molar-refractivity contribution < 1.29 is 0 Å². The Hall–Kier alpha value is -1.31. The van der Waals surface area contributed by atoms with Crippen LogP contribution in [-0.2, 0) is 5.41 Å². The minimum atomic E-state index is 0. The van der Waals surface area contributed by atoms with Crippen LogP contribution < -0.4 is 5.32 Å². The second-order valence-corrected chi connectivity index (χ2v) is 6.19. The fourth-order valence-electron chi connectivity index (χ4n) is 4.32. The van der Waals surface area contributed by atoms with Crippen molar-refractivity contribution in [3.63, 3.8) is 0 Å². The maximum Gasteiger partial charge on any atom is 0.0342 e. The predicted molar refractivity (Wildman–Crippen MR) is 90.5 cm³/mol. The lowest BCUT2D eigenvalue weighted by molar-refractivity contribution is 0.476. The van der Waals surface area contributed by atoms with Gasteiger partial charge in [-0.25, -0.2) is 0 Å². The van der Waals surface area contributed by atoms with Crippen molar-refractivity contribution in [2.24, 2.45) is 0 Å². The third-order valence-electron chi connectivity index (χ3n) is 5.11. The maximum absolute atomic E-state index is 3.68. The summed E-state index contributed by atoms with van der Waals surface area (Å²) < 4.78 is 0. The third kappa shape index (κ3) is 1.95. The van der Waals surface area contributed by atoms with Crippen LogP contribution in [0.1, 0.15) is 47.9 Å². The van der Waals surface area contributed by atoms with Crippen molar-refractivity contribution in [2.75, 3.05) is 13.1 Å². The Morgan fingerprint density at radius 1 is 1.00 bits per heavy atom. The second kappa shape index (κ2) is 5.47. The molecule has 21 heavy (non-hydrogen) atoms. The van der Waals surface area contributed by atoms with E-state index in [9.17, 15) is 0 Å². The predicted octanol–water partition coefficient (Wildman–Crippen LogP) is 4.24. The highest BCUT2D eigenvalue weighted by Crippen LogP contribution is 2.59. The van der Waals surface area contributed by atoms with E-state index < -0.39 is 0 Å². The molecule has 110 valence electrons. The van der Waals surface area contributed by atoms with Crippen LogP contribution in [0.3, 0.4) is 0 Å². The van der Waals surface area contributed by atoms with Gasteiger partial charge in [-0.3, -0.25) is 0 Å². The number of hydrogen-bond donors (Lipinski definition) is 1. The summed E-state index contributed by atoms with van der Waals surface area (Å²) in [5.74, 6) is 0.617. The monoisotopic (exact) mass is 299 g/mol. The fraction of sp³-hybridized carbons (Fsp3) is 0.368. The Balaban J connectivity index is 0.00000132. The molecule has 1 nitrogen and oxygen atoms in total. The lowest BCUT2D eigenvalue weighted by Crippen LogP contribution is -2.37. The van der Waals surface area contributed by atoms with Gasteiger partial charge in [-0.15, -0.1) is 12.4 Å². The van der Waals surface area contributed by atoms with Gasteiger partial charge in [0, 0.05) is 17.9 Å². The lowest BCUT2D eigenvalue weighted by atomic mass is 9.75. The SMILES string of the molecule is CCCNCC12CC(c3ccccc31)c1ccccc12.Cl. The first-order valence-corrected chi connectivity index (χ1v) is 7.76. The van der Waals surface area contributed by atoms with Crippen LogP contribution in [0.5, 0.6) is 0 Å². The number of hydrogen-bond acceptors (Lipinski definition) is 1. The van der Waals surface area contributed by atoms with Crippen molar-refractivity contribution in [3.8, 4) is 0 Å². The Morgan fingerprint density at radius 2 is 1.57 bits per heavy atom. The van der Waals surface area contributed by atoms with Gasteiger partial charge in [-0.05, 0) is 41.6 Å². The van der Waals surface area contributed by atoms with Gasteiger partial charge in [0.15, 0.2) is 0 Å². The lowest BCUT2D eigenvalue weighted by Gasteiger charge is -2.31. The topological polar surface area (TPSA) is 12.0 Å². The summed E-state index contributed by atoms with van der Waals surface area (Å²) in [5, 5.41) is 3.68. The zero-order valence-electron chi connectivity index (χ0n) is 12.4. The molecule has 2 bridgehead atoms. The molecule has 2 aliphatic rings. The van der Waals surface area contributed by atoms with Gasteiger partial charge < -0.3 is 5.32 Å². The van der Waals surface area contributed by atoms with Crippen LogP contribution in [0.15, 0.2) is 48.5 Å². The zero-order chi connectivity index (χ0) is 13.6. The Kier molecular flexibility index (Phi) is 3.81. The van der Waals surface area contributed by atoms with Crippen LogP contribution in [-0.4, -0.2) is 13.1 Å². The van der Waals surface area contributed by atoms with E-state index >= 15 is 0 Å². The van der Waals surface area contributed by atoms with Gasteiger partial charge >= 0.3 is 0 Å². The highest BCUT2D eigenvalue weighted by molar-refractivity contribution is 5.85. The molecule has 0 fully saturated rings. The molecule has 0 atom stereocenters. The quantitative estimate of drug-likeness (QED) is 0.833. The molecule has 2 heteroatoms. The summed E-state index contributed by atoms with van der Waals surface area (Å²) >= 11 is 0. The molecule has 2 aromatic carbocycles. The number of nitrogens with one attached hydrogen (secondary N) is 1. The van der Waals surface area contributed by atoms with Crippen LogP contribution in [0.2, 0.25) is 0 Å². The van der Waals surface area contributed by atoms with E-state index in [0.717, 1.165) is 13.1 Å². The molecule has 0 aromatic heterocycles. The summed E-state index contributed by atoms with van der Waals surface area (Å²) in [6.45, 7) is 4.42. The third-order valence-corrected chi connectivity index (χ3v) is 5.11. The number of rotatable bonds is 4. The normalized spacial score (nSPS) is 24.3. The highest BCUT2D eigenvalue weighted by Gasteiger charge is 2.51. The molecule has 0 amide bonds. The van der Waals surface area contributed by atoms with Gasteiger partial charge in [-0.2, -0.15) is 0 Å². The first-order valence-electron chi connectivity index (χ1n) is 7.76. The molecule has 2 aliphatic carbocycles. The molecular formula is C19H22ClN. The minimum Gasteiger partial charge on any atom is -0.316 e. The van der Waals surface area contributed by atoms with Crippen LogP contribution in [0, 0.1) is 0 Å². The summed E-state index contributed by atoms with van der Waals surface area (Å²) in [5.41, 5.74) is 6.46. The second-order valence-electron chi connectivity index (χ2n) is 6.19. The number of halogens is 1. The van der Waals surface area contributed by atoms with Crippen molar-refractivity contribution >= 4 is 12.4 Å². The van der Waals surface area contributed by atoms with Crippen molar-refractivity contribution in [2.45, 2.75) is 31.1 Å². The van der Waals surface area contributed by atoms with Crippen molar-refractivity contribution in [3.05, 3.63) is 70.8 Å². The standard InChI is InChI=1S/C19H21N.ClH/c1-2-11-20-13-19-12-16(14-7-3-5-9-17(14)19)15-8-4-6-10-18(15)19;/h3-10,16,20H,2,11-13H2,1H3;1H. The van der Waals surface area contributed by atoms with E-state index in [1.165, 1.54) is 12.8 Å². The molecule has 0 unspecified atom stereocenters. The van der Waals surface area contributed by atoms with Crippen molar-refractivity contribution in [1.82, 2.24) is 5.32 Å². The Labute approximate surface area is 133 Å². The highest BCUT2D eigenvalue weighted by atomic mass is 35.5. The van der Waals surface area contributed by atoms with Crippen LogP contribution >= 0.6 is 12.4 Å². The summed E-state index contributed by atoms with van der Waals surface area (Å²) in [6, 6.07) is 18.1. The average Bonchev–Trinajstić information content (AvgIpc) is 3.01. The molecular weight excluding hydrogens is 278 g/mol. The van der Waals surface area contributed by atoms with Crippen LogP contribution in [0.4, 0.5) is 0 Å². The average molecular weight is 300 g/mol. The van der Waals surface area contributed by atoms with E-state index in [4.69, 9.17) is 0 Å². The van der Waals surface area contributed by atoms with Crippen LogP contribution in [0.25, 0.3) is 0 Å². The van der Waals surface area contributed by atoms with Gasteiger partial charge in [0.1, 0.15) is 0 Å². The summed E-state index contributed by atoms with van der Waals surface area (Å²) in [4.78, 5) is 0. The first-order chi connectivity index (χ1) is 9.87. The van der Waals surface area contributed by atoms with Gasteiger partial charge in [0.05, 0.1) is 0 Å². The van der Waals surface area contributed by atoms with E-state index in [1.807, 2.05) is 0 Å². The summed E-state index contributed by atoms with van der Waals surface area (Å²) in [6.07, 6.45) is 2.45. The smallest absolute Gasteiger partial charge is 0.0342 e. The van der Waals surface area contributed by atoms with E-state index in [1.54, 1.807) is 22.3 Å². The Bertz CT molecular complexity index is 602. The largest absolute Gasteiger partial charge is 0.316 e. The molecule has 0 saturated heterocycles. The van der Waals surface area contributed by atoms with E-state index in [0.29, 0.717) is 5.92 Å².